The van der Waals surface area contributed by atoms with Crippen molar-refractivity contribution in [1.29, 1.82) is 0 Å². The third-order valence-electron chi connectivity index (χ3n) is 4.49. The summed E-state index contributed by atoms with van der Waals surface area (Å²) in [5.41, 5.74) is 3.28. The molecule has 0 radical (unpaired) electrons. The first kappa shape index (κ1) is 15.6. The number of carbonyl (C=O) groups is 1. The quantitative estimate of drug-likeness (QED) is 0.887. The monoisotopic (exact) mass is 308 g/mol. The number of rotatable bonds is 5. The molecule has 1 N–H and O–H groups in total. The lowest BCUT2D eigenvalue weighted by Gasteiger charge is -2.22. The van der Waals surface area contributed by atoms with Crippen LogP contribution < -0.4 is 10.2 Å². The summed E-state index contributed by atoms with van der Waals surface area (Å²) >= 11 is 0. The molecular formula is C20H24N2O. The fourth-order valence-corrected chi connectivity index (χ4v) is 3.19. The average Bonchev–Trinajstić information content (AvgIpc) is 3.10. The van der Waals surface area contributed by atoms with Gasteiger partial charge in [0.2, 0.25) is 5.91 Å². The van der Waals surface area contributed by atoms with Crippen molar-refractivity contribution >= 4 is 17.3 Å². The van der Waals surface area contributed by atoms with Crippen molar-refractivity contribution in [3.63, 3.8) is 0 Å². The standard InChI is InChI=1S/C20H24N2O/c1-16(17-9-3-2-4-10-17)15-20(23)21-18-11-5-6-12-19(18)22-13-7-8-14-22/h2-6,9-12,16H,7-8,13-15H2,1H3,(H,21,23). The molecule has 1 atom stereocenters. The molecule has 1 aliphatic heterocycles. The molecule has 1 saturated heterocycles. The van der Waals surface area contributed by atoms with Crippen molar-refractivity contribution in [2.75, 3.05) is 23.3 Å². The van der Waals surface area contributed by atoms with E-state index in [0.29, 0.717) is 6.42 Å². The highest BCUT2D eigenvalue weighted by Crippen LogP contribution is 2.29. The molecule has 2 aromatic rings. The third-order valence-corrected chi connectivity index (χ3v) is 4.49. The van der Waals surface area contributed by atoms with Crippen LogP contribution in [0.15, 0.2) is 54.6 Å². The minimum atomic E-state index is 0.0769. The molecule has 1 heterocycles. The summed E-state index contributed by atoms with van der Waals surface area (Å²) in [6.07, 6.45) is 2.96. The lowest BCUT2D eigenvalue weighted by Crippen LogP contribution is -2.21. The molecule has 1 unspecified atom stereocenters. The Balaban J connectivity index is 1.66. The van der Waals surface area contributed by atoms with Gasteiger partial charge in [0.25, 0.3) is 0 Å². The van der Waals surface area contributed by atoms with Crippen LogP contribution >= 0.6 is 0 Å². The Bertz CT molecular complexity index is 648. The predicted octanol–water partition coefficient (Wildman–Crippen LogP) is 4.42. The van der Waals surface area contributed by atoms with Crippen LogP contribution in [0.5, 0.6) is 0 Å². The highest BCUT2D eigenvalue weighted by Gasteiger charge is 2.17. The zero-order valence-corrected chi connectivity index (χ0v) is 13.7. The maximum Gasteiger partial charge on any atom is 0.225 e. The van der Waals surface area contributed by atoms with Crippen molar-refractivity contribution in [2.24, 2.45) is 0 Å². The number of hydrogen-bond acceptors (Lipinski definition) is 2. The smallest absolute Gasteiger partial charge is 0.225 e. The largest absolute Gasteiger partial charge is 0.370 e. The molecule has 2 aromatic carbocycles. The van der Waals surface area contributed by atoms with E-state index in [1.807, 2.05) is 36.4 Å². The minimum absolute atomic E-state index is 0.0769. The number of para-hydroxylation sites is 2. The number of benzene rings is 2. The number of anilines is 2. The maximum absolute atomic E-state index is 12.4. The fraction of sp³-hybridized carbons (Fsp3) is 0.350. The topological polar surface area (TPSA) is 32.3 Å². The van der Waals surface area contributed by atoms with Gasteiger partial charge in [-0.25, -0.2) is 0 Å². The van der Waals surface area contributed by atoms with Crippen molar-refractivity contribution < 1.29 is 4.79 Å². The SMILES string of the molecule is CC(CC(=O)Nc1ccccc1N1CCCC1)c1ccccc1. The summed E-state index contributed by atoms with van der Waals surface area (Å²) in [6, 6.07) is 18.3. The van der Waals surface area contributed by atoms with Crippen LogP contribution in [0.2, 0.25) is 0 Å². The minimum Gasteiger partial charge on any atom is -0.370 e. The molecule has 3 nitrogen and oxygen atoms in total. The first-order chi connectivity index (χ1) is 11.2. The van der Waals surface area contributed by atoms with Crippen molar-refractivity contribution in [1.82, 2.24) is 0 Å². The number of nitrogens with zero attached hydrogens (tertiary/aromatic N) is 1. The molecular weight excluding hydrogens is 284 g/mol. The molecule has 120 valence electrons. The first-order valence-electron chi connectivity index (χ1n) is 8.43. The van der Waals surface area contributed by atoms with Gasteiger partial charge in [0.15, 0.2) is 0 Å². The van der Waals surface area contributed by atoms with Gasteiger partial charge in [0.05, 0.1) is 11.4 Å². The summed E-state index contributed by atoms with van der Waals surface area (Å²) in [5.74, 6) is 0.295. The van der Waals surface area contributed by atoms with E-state index >= 15 is 0 Å². The van der Waals surface area contributed by atoms with E-state index in [4.69, 9.17) is 0 Å². The van der Waals surface area contributed by atoms with E-state index in [1.54, 1.807) is 0 Å². The van der Waals surface area contributed by atoms with Crippen molar-refractivity contribution in [3.8, 4) is 0 Å². The van der Waals surface area contributed by atoms with E-state index < -0.39 is 0 Å². The van der Waals surface area contributed by atoms with Gasteiger partial charge in [-0.15, -0.1) is 0 Å². The summed E-state index contributed by atoms with van der Waals surface area (Å²) in [7, 11) is 0. The molecule has 3 rings (SSSR count). The van der Waals surface area contributed by atoms with Gasteiger partial charge in [-0.05, 0) is 36.5 Å². The second kappa shape index (κ2) is 7.32. The highest BCUT2D eigenvalue weighted by molar-refractivity contribution is 5.94. The average molecular weight is 308 g/mol. The molecule has 0 bridgehead atoms. The zero-order valence-electron chi connectivity index (χ0n) is 13.7. The van der Waals surface area contributed by atoms with Gasteiger partial charge >= 0.3 is 0 Å². The summed E-state index contributed by atoms with van der Waals surface area (Å²) in [4.78, 5) is 14.8. The van der Waals surface area contributed by atoms with E-state index in [1.165, 1.54) is 18.4 Å². The molecule has 0 aliphatic carbocycles. The predicted molar refractivity (Wildman–Crippen MR) is 96.0 cm³/mol. The van der Waals surface area contributed by atoms with E-state index in [-0.39, 0.29) is 11.8 Å². The van der Waals surface area contributed by atoms with Gasteiger partial charge in [0.1, 0.15) is 0 Å². The number of hydrogen-bond donors (Lipinski definition) is 1. The highest BCUT2D eigenvalue weighted by atomic mass is 16.1. The summed E-state index contributed by atoms with van der Waals surface area (Å²) in [6.45, 7) is 4.25. The van der Waals surface area contributed by atoms with Gasteiger partial charge in [-0.3, -0.25) is 4.79 Å². The Kier molecular flexibility index (Phi) is 4.96. The lowest BCUT2D eigenvalue weighted by atomic mass is 9.97. The van der Waals surface area contributed by atoms with Crippen molar-refractivity contribution in [3.05, 3.63) is 60.2 Å². The first-order valence-corrected chi connectivity index (χ1v) is 8.43. The van der Waals surface area contributed by atoms with Crippen LogP contribution in [0, 0.1) is 0 Å². The molecule has 0 spiro atoms. The Morgan fingerprint density at radius 3 is 2.43 bits per heavy atom. The Labute approximate surface area is 138 Å². The number of amides is 1. The van der Waals surface area contributed by atoms with Gasteiger partial charge in [-0.1, -0.05) is 49.4 Å². The molecule has 0 saturated carbocycles. The van der Waals surface area contributed by atoms with E-state index in [2.05, 4.69) is 35.3 Å². The Morgan fingerprint density at radius 1 is 1.04 bits per heavy atom. The van der Waals surface area contributed by atoms with Gasteiger partial charge < -0.3 is 10.2 Å². The molecule has 1 aliphatic rings. The van der Waals surface area contributed by atoms with Crippen LogP contribution in [-0.2, 0) is 4.79 Å². The summed E-state index contributed by atoms with van der Waals surface area (Å²) in [5, 5.41) is 3.11. The summed E-state index contributed by atoms with van der Waals surface area (Å²) < 4.78 is 0. The van der Waals surface area contributed by atoms with Crippen LogP contribution in [0.4, 0.5) is 11.4 Å². The molecule has 1 fully saturated rings. The van der Waals surface area contributed by atoms with Crippen LogP contribution in [-0.4, -0.2) is 19.0 Å². The van der Waals surface area contributed by atoms with Crippen LogP contribution in [0.25, 0.3) is 0 Å². The van der Waals surface area contributed by atoms with Crippen molar-refractivity contribution in [2.45, 2.75) is 32.1 Å². The van der Waals surface area contributed by atoms with E-state index in [9.17, 15) is 4.79 Å². The molecule has 23 heavy (non-hydrogen) atoms. The maximum atomic E-state index is 12.4. The molecule has 3 heteroatoms. The third kappa shape index (κ3) is 3.92. The second-order valence-corrected chi connectivity index (χ2v) is 6.28. The normalized spacial score (nSPS) is 15.4. The van der Waals surface area contributed by atoms with Gasteiger partial charge in [0, 0.05) is 19.5 Å². The number of carbonyl (C=O) groups excluding carboxylic acids is 1. The molecule has 1 amide bonds. The molecule has 0 aromatic heterocycles. The number of nitrogens with one attached hydrogen (secondary N) is 1. The van der Waals surface area contributed by atoms with Crippen LogP contribution in [0.1, 0.15) is 37.7 Å². The van der Waals surface area contributed by atoms with Gasteiger partial charge in [-0.2, -0.15) is 0 Å². The Hall–Kier alpha value is -2.29. The zero-order chi connectivity index (χ0) is 16.1. The Morgan fingerprint density at radius 2 is 1.70 bits per heavy atom. The van der Waals surface area contributed by atoms with Crippen LogP contribution in [0.3, 0.4) is 0 Å². The lowest BCUT2D eigenvalue weighted by molar-refractivity contribution is -0.116. The second-order valence-electron chi connectivity index (χ2n) is 6.28. The van der Waals surface area contributed by atoms with E-state index in [0.717, 1.165) is 24.5 Å². The fourth-order valence-electron chi connectivity index (χ4n) is 3.19.